The number of piperidine rings is 1. The molecule has 24 heavy (non-hydrogen) atoms. The Bertz CT molecular complexity index is 811. The minimum atomic E-state index is 0.0262. The Labute approximate surface area is 139 Å². The molecule has 3 aromatic rings. The lowest BCUT2D eigenvalue weighted by Crippen LogP contribution is -2.39. The van der Waals surface area contributed by atoms with E-state index in [2.05, 4.69) is 25.1 Å². The minimum Gasteiger partial charge on any atom is -0.348 e. The van der Waals surface area contributed by atoms with Crippen LogP contribution in [0.15, 0.2) is 43.0 Å². The SMILES string of the molecule is O=C(c1ccccc1-c1ncn[nH]1)N1CCC[C@@H](c2ncc[nH]2)C1. The topological polar surface area (TPSA) is 90.6 Å². The largest absolute Gasteiger partial charge is 0.348 e. The van der Waals surface area contributed by atoms with Gasteiger partial charge in [0.05, 0.1) is 5.56 Å². The third-order valence-corrected chi connectivity index (χ3v) is 4.44. The van der Waals surface area contributed by atoms with Crippen molar-refractivity contribution in [1.82, 2.24) is 30.0 Å². The van der Waals surface area contributed by atoms with Gasteiger partial charge in [0, 0.05) is 37.0 Å². The molecule has 1 aliphatic heterocycles. The van der Waals surface area contributed by atoms with Crippen LogP contribution in [0, 0.1) is 0 Å². The third kappa shape index (κ3) is 2.68. The first-order valence-corrected chi connectivity index (χ1v) is 8.06. The van der Waals surface area contributed by atoms with Crippen molar-refractivity contribution in [2.45, 2.75) is 18.8 Å². The molecule has 0 saturated carbocycles. The lowest BCUT2D eigenvalue weighted by Gasteiger charge is -2.32. The van der Waals surface area contributed by atoms with Crippen molar-refractivity contribution in [3.05, 3.63) is 54.4 Å². The molecule has 0 radical (unpaired) electrons. The standard InChI is InChI=1S/C17H18N6O/c24-17(14-6-2-1-5-13(14)16-20-11-21-22-16)23-9-3-4-12(10-23)15-18-7-8-19-15/h1-2,5-8,11-12H,3-4,9-10H2,(H,18,19)(H,20,21,22)/t12-/m1/s1. The number of benzene rings is 1. The number of H-pyrrole nitrogens is 2. The van der Waals surface area contributed by atoms with Crippen LogP contribution >= 0.6 is 0 Å². The number of imidazole rings is 1. The smallest absolute Gasteiger partial charge is 0.254 e. The normalized spacial score (nSPS) is 17.8. The third-order valence-electron chi connectivity index (χ3n) is 4.44. The second kappa shape index (κ2) is 6.27. The number of rotatable bonds is 3. The number of hydrogen-bond acceptors (Lipinski definition) is 4. The zero-order chi connectivity index (χ0) is 16.4. The van der Waals surface area contributed by atoms with Crippen molar-refractivity contribution < 1.29 is 4.79 Å². The number of amides is 1. The van der Waals surface area contributed by atoms with E-state index in [4.69, 9.17) is 0 Å². The van der Waals surface area contributed by atoms with Gasteiger partial charge in [0.1, 0.15) is 12.2 Å². The van der Waals surface area contributed by atoms with E-state index in [9.17, 15) is 4.79 Å². The molecule has 3 heterocycles. The molecule has 1 amide bonds. The van der Waals surface area contributed by atoms with E-state index in [1.54, 1.807) is 6.20 Å². The van der Waals surface area contributed by atoms with E-state index in [0.29, 0.717) is 17.9 Å². The predicted molar refractivity (Wildman–Crippen MR) is 88.3 cm³/mol. The molecule has 1 fully saturated rings. The number of nitrogens with one attached hydrogen (secondary N) is 2. The Morgan fingerprint density at radius 3 is 2.96 bits per heavy atom. The van der Waals surface area contributed by atoms with Gasteiger partial charge >= 0.3 is 0 Å². The van der Waals surface area contributed by atoms with Crippen LogP contribution in [0.3, 0.4) is 0 Å². The maximum atomic E-state index is 13.1. The summed E-state index contributed by atoms with van der Waals surface area (Å²) in [6.07, 6.45) is 7.05. The van der Waals surface area contributed by atoms with E-state index < -0.39 is 0 Å². The van der Waals surface area contributed by atoms with Crippen LogP contribution in [0.2, 0.25) is 0 Å². The Kier molecular flexibility index (Phi) is 3.82. The first kappa shape index (κ1) is 14.6. The second-order valence-corrected chi connectivity index (χ2v) is 5.94. The summed E-state index contributed by atoms with van der Waals surface area (Å²) in [5.74, 6) is 1.85. The zero-order valence-electron chi connectivity index (χ0n) is 13.1. The Morgan fingerprint density at radius 1 is 1.25 bits per heavy atom. The number of carbonyl (C=O) groups is 1. The lowest BCUT2D eigenvalue weighted by atomic mass is 9.96. The van der Waals surface area contributed by atoms with Gasteiger partial charge in [0.2, 0.25) is 0 Å². The molecule has 7 heteroatoms. The number of likely N-dealkylation sites (tertiary alicyclic amines) is 1. The highest BCUT2D eigenvalue weighted by Crippen LogP contribution is 2.27. The molecule has 1 atom stereocenters. The number of nitrogens with zero attached hydrogens (tertiary/aromatic N) is 4. The Balaban J connectivity index is 1.60. The van der Waals surface area contributed by atoms with Crippen molar-refractivity contribution in [2.24, 2.45) is 0 Å². The molecule has 0 unspecified atom stereocenters. The van der Waals surface area contributed by atoms with E-state index >= 15 is 0 Å². The van der Waals surface area contributed by atoms with Crippen LogP contribution in [0.25, 0.3) is 11.4 Å². The fourth-order valence-electron chi connectivity index (χ4n) is 3.27. The van der Waals surface area contributed by atoms with Gasteiger partial charge in [0.15, 0.2) is 5.82 Å². The lowest BCUT2D eigenvalue weighted by molar-refractivity contribution is 0.0705. The van der Waals surface area contributed by atoms with Gasteiger partial charge in [-0.2, -0.15) is 5.10 Å². The monoisotopic (exact) mass is 322 g/mol. The average molecular weight is 322 g/mol. The summed E-state index contributed by atoms with van der Waals surface area (Å²) in [5, 5.41) is 6.72. The molecule has 7 nitrogen and oxygen atoms in total. The highest BCUT2D eigenvalue weighted by molar-refractivity contribution is 6.00. The van der Waals surface area contributed by atoms with E-state index in [1.165, 1.54) is 6.33 Å². The first-order valence-electron chi connectivity index (χ1n) is 8.06. The fraction of sp³-hybridized carbons (Fsp3) is 0.294. The van der Waals surface area contributed by atoms with E-state index in [1.807, 2.05) is 35.4 Å². The van der Waals surface area contributed by atoms with Crippen molar-refractivity contribution in [2.75, 3.05) is 13.1 Å². The van der Waals surface area contributed by atoms with Gasteiger partial charge in [-0.3, -0.25) is 9.89 Å². The minimum absolute atomic E-state index is 0.0262. The molecule has 0 bridgehead atoms. The first-order chi connectivity index (χ1) is 11.8. The quantitative estimate of drug-likeness (QED) is 0.773. The summed E-state index contributed by atoms with van der Waals surface area (Å²) in [5.41, 5.74) is 1.43. The van der Waals surface area contributed by atoms with Crippen LogP contribution in [0.5, 0.6) is 0 Å². The van der Waals surface area contributed by atoms with Crippen molar-refractivity contribution in [3.8, 4) is 11.4 Å². The van der Waals surface area contributed by atoms with Crippen LogP contribution in [0.1, 0.15) is 34.9 Å². The number of aromatic nitrogens is 5. The molecule has 1 aliphatic rings. The maximum Gasteiger partial charge on any atom is 0.254 e. The fourth-order valence-corrected chi connectivity index (χ4v) is 3.27. The van der Waals surface area contributed by atoms with Crippen molar-refractivity contribution >= 4 is 5.91 Å². The summed E-state index contributed by atoms with van der Waals surface area (Å²) in [6, 6.07) is 7.51. The van der Waals surface area contributed by atoms with Crippen molar-refractivity contribution in [1.29, 1.82) is 0 Å². The summed E-state index contributed by atoms with van der Waals surface area (Å²) >= 11 is 0. The molecule has 0 aliphatic carbocycles. The summed E-state index contributed by atoms with van der Waals surface area (Å²) in [4.78, 5) is 26.7. The van der Waals surface area contributed by atoms with E-state index in [0.717, 1.165) is 30.8 Å². The van der Waals surface area contributed by atoms with Crippen LogP contribution in [-0.2, 0) is 0 Å². The Hall–Kier alpha value is -2.96. The molecule has 1 aromatic carbocycles. The zero-order valence-corrected chi connectivity index (χ0v) is 13.1. The second-order valence-electron chi connectivity index (χ2n) is 5.94. The molecule has 122 valence electrons. The van der Waals surface area contributed by atoms with E-state index in [-0.39, 0.29) is 11.8 Å². The van der Waals surface area contributed by atoms with Crippen LogP contribution in [-0.4, -0.2) is 49.0 Å². The average Bonchev–Trinajstić information content (AvgIpc) is 3.35. The summed E-state index contributed by atoms with van der Waals surface area (Å²) < 4.78 is 0. The molecule has 1 saturated heterocycles. The highest BCUT2D eigenvalue weighted by atomic mass is 16.2. The molecule has 2 aromatic heterocycles. The molecule has 2 N–H and O–H groups in total. The van der Waals surface area contributed by atoms with Gasteiger partial charge in [-0.05, 0) is 18.9 Å². The Morgan fingerprint density at radius 2 is 2.17 bits per heavy atom. The number of carbonyl (C=O) groups excluding carboxylic acids is 1. The number of hydrogen-bond donors (Lipinski definition) is 2. The van der Waals surface area contributed by atoms with Gasteiger partial charge < -0.3 is 9.88 Å². The van der Waals surface area contributed by atoms with Crippen LogP contribution < -0.4 is 0 Å². The van der Waals surface area contributed by atoms with Gasteiger partial charge in [-0.1, -0.05) is 18.2 Å². The molecule has 4 rings (SSSR count). The maximum absolute atomic E-state index is 13.1. The van der Waals surface area contributed by atoms with Crippen molar-refractivity contribution in [3.63, 3.8) is 0 Å². The summed E-state index contributed by atoms with van der Waals surface area (Å²) in [7, 11) is 0. The highest BCUT2D eigenvalue weighted by Gasteiger charge is 2.28. The molecule has 0 spiro atoms. The van der Waals surface area contributed by atoms with Gasteiger partial charge in [0.25, 0.3) is 5.91 Å². The molecular weight excluding hydrogens is 304 g/mol. The predicted octanol–water partition coefficient (Wildman–Crippen LogP) is 2.21. The van der Waals surface area contributed by atoms with Crippen LogP contribution in [0.4, 0.5) is 0 Å². The van der Waals surface area contributed by atoms with Gasteiger partial charge in [-0.25, -0.2) is 9.97 Å². The van der Waals surface area contributed by atoms with Gasteiger partial charge in [-0.15, -0.1) is 0 Å². The number of aromatic amines is 2. The molecular formula is C17H18N6O. The summed E-state index contributed by atoms with van der Waals surface area (Å²) in [6.45, 7) is 1.44.